The van der Waals surface area contributed by atoms with Crippen LogP contribution < -0.4 is 20.3 Å². The largest absolute Gasteiger partial charge is 0.501 e. The number of rotatable bonds is 16. The number of sulfonamides is 1. The van der Waals surface area contributed by atoms with Crippen LogP contribution in [0.5, 0.6) is 0 Å². The third-order valence-electron chi connectivity index (χ3n) is 12.3. The Bertz CT molecular complexity index is 2530. The Balaban J connectivity index is 1.02. The van der Waals surface area contributed by atoms with Gasteiger partial charge in [-0.2, -0.15) is 13.2 Å². The highest BCUT2D eigenvalue weighted by atomic mass is 35.5. The smallest absolute Gasteiger partial charge is 0.380 e. The lowest BCUT2D eigenvalue weighted by atomic mass is 9.73. The average Bonchev–Trinajstić information content (AvgIpc) is 3.28. The van der Waals surface area contributed by atoms with Crippen molar-refractivity contribution in [1.29, 1.82) is 0 Å². The van der Waals surface area contributed by atoms with Gasteiger partial charge in [0.2, 0.25) is 0 Å². The zero-order valence-electron chi connectivity index (χ0n) is 36.5. The highest BCUT2D eigenvalue weighted by molar-refractivity contribution is 7.99. The van der Waals surface area contributed by atoms with E-state index >= 15 is 0 Å². The maximum Gasteiger partial charge on any atom is 0.501 e. The summed E-state index contributed by atoms with van der Waals surface area (Å²) in [7, 11) is -10.9. The van der Waals surface area contributed by atoms with Gasteiger partial charge >= 0.3 is 5.51 Å². The standard InChI is InChI=1S/C47H56ClF3N6O5S3/c1-46(2)20-18-42(34-8-12-37(48)13-9-34)36(31-46)32-56-26-28-57(29-27-56)39-14-10-35(11-15-39)45(58)54-65(61,62)41-16-17-43(44(30-41)64(59,60)47(49,50)51)53-38(19-23-55-24-21-52-22-25-55)33-63-40-6-4-3-5-7-40/h3-17,30,38,52-53H,18-29,31-33H2,1-2H3,(H,54,58). The molecule has 2 heterocycles. The van der Waals surface area contributed by atoms with Crippen LogP contribution in [0.2, 0.25) is 5.02 Å². The van der Waals surface area contributed by atoms with Gasteiger partial charge in [-0.25, -0.2) is 21.6 Å². The van der Waals surface area contributed by atoms with Gasteiger partial charge in [0.1, 0.15) is 4.90 Å². The zero-order chi connectivity index (χ0) is 46.4. The van der Waals surface area contributed by atoms with Crippen molar-refractivity contribution in [3.8, 4) is 0 Å². The van der Waals surface area contributed by atoms with Crippen LogP contribution in [0.4, 0.5) is 24.5 Å². The topological polar surface area (TPSA) is 131 Å². The molecule has 1 aliphatic carbocycles. The number of carbonyl (C=O) groups is 1. The van der Waals surface area contributed by atoms with Crippen LogP contribution in [-0.2, 0) is 19.9 Å². The van der Waals surface area contributed by atoms with Gasteiger partial charge in [-0.05, 0) is 109 Å². The van der Waals surface area contributed by atoms with Crippen molar-refractivity contribution in [3.63, 3.8) is 0 Å². The maximum absolute atomic E-state index is 14.2. The molecule has 65 heavy (non-hydrogen) atoms. The van der Waals surface area contributed by atoms with Gasteiger partial charge in [0, 0.05) is 98.4 Å². The summed E-state index contributed by atoms with van der Waals surface area (Å²) in [6.45, 7) is 12.4. The lowest BCUT2D eigenvalue weighted by Gasteiger charge is -2.39. The van der Waals surface area contributed by atoms with Crippen LogP contribution >= 0.6 is 23.4 Å². The first kappa shape index (κ1) is 48.8. The molecule has 1 atom stereocenters. The molecule has 2 aliphatic heterocycles. The predicted molar refractivity (Wildman–Crippen MR) is 254 cm³/mol. The van der Waals surface area contributed by atoms with Crippen molar-refractivity contribution in [2.75, 3.05) is 81.4 Å². The molecule has 0 saturated carbocycles. The number of halogens is 4. The van der Waals surface area contributed by atoms with Crippen LogP contribution in [0.3, 0.4) is 0 Å². The second-order valence-electron chi connectivity index (χ2n) is 17.6. The molecule has 3 N–H and O–H groups in total. The Labute approximate surface area is 390 Å². The molecule has 4 aromatic carbocycles. The number of amides is 1. The molecule has 3 aliphatic rings. The molecule has 0 radical (unpaired) electrons. The van der Waals surface area contributed by atoms with E-state index in [0.29, 0.717) is 29.8 Å². The molecular formula is C47H56ClF3N6O5S3. The molecule has 7 rings (SSSR count). The molecule has 350 valence electrons. The summed E-state index contributed by atoms with van der Waals surface area (Å²) < 4.78 is 97.8. The van der Waals surface area contributed by atoms with Crippen molar-refractivity contribution in [2.24, 2.45) is 5.41 Å². The van der Waals surface area contributed by atoms with Gasteiger partial charge in [0.25, 0.3) is 25.8 Å². The molecule has 1 unspecified atom stereocenters. The van der Waals surface area contributed by atoms with Crippen LogP contribution in [0.1, 0.15) is 55.5 Å². The molecule has 2 fully saturated rings. The molecule has 0 bridgehead atoms. The number of allylic oxidation sites excluding steroid dienone is 1. The summed E-state index contributed by atoms with van der Waals surface area (Å²) in [5.74, 6) is -0.633. The fraction of sp³-hybridized carbons (Fsp3) is 0.426. The first-order valence-electron chi connectivity index (χ1n) is 21.8. The highest BCUT2D eigenvalue weighted by Crippen LogP contribution is 2.43. The van der Waals surface area contributed by atoms with E-state index in [2.05, 4.69) is 51.3 Å². The summed E-state index contributed by atoms with van der Waals surface area (Å²) >= 11 is 7.65. The van der Waals surface area contributed by atoms with E-state index in [1.165, 1.54) is 40.6 Å². The Hall–Kier alpha value is -4.10. The summed E-state index contributed by atoms with van der Waals surface area (Å²) in [5.41, 5.74) is -0.983. The third-order valence-corrected chi connectivity index (χ3v) is 16.6. The van der Waals surface area contributed by atoms with Crippen molar-refractivity contribution in [1.82, 2.24) is 19.8 Å². The maximum atomic E-state index is 14.2. The molecular weight excluding hydrogens is 917 g/mol. The minimum atomic E-state index is -6.04. The van der Waals surface area contributed by atoms with Crippen molar-refractivity contribution < 1.29 is 34.8 Å². The number of sulfone groups is 1. The molecule has 2 saturated heterocycles. The van der Waals surface area contributed by atoms with Crippen LogP contribution in [0, 0.1) is 5.41 Å². The molecule has 0 spiro atoms. The minimum Gasteiger partial charge on any atom is -0.380 e. The number of hydrogen-bond acceptors (Lipinski definition) is 11. The van der Waals surface area contributed by atoms with Crippen molar-refractivity contribution in [2.45, 2.75) is 65.8 Å². The molecule has 1 amide bonds. The predicted octanol–water partition coefficient (Wildman–Crippen LogP) is 8.41. The summed E-state index contributed by atoms with van der Waals surface area (Å²) in [5, 5.41) is 7.01. The number of thioether (sulfide) groups is 1. The first-order chi connectivity index (χ1) is 30.9. The SMILES string of the molecule is CC1(C)CCC(c2ccc(Cl)cc2)=C(CN2CCN(c3ccc(C(=O)NS(=O)(=O)c4ccc(NC(CCN5CCNCC5)CSc5ccccc5)c(S(=O)(=O)C(F)(F)F)c4)cc3)CC2)C1. The monoisotopic (exact) mass is 972 g/mol. The van der Waals surface area contributed by atoms with E-state index in [0.717, 1.165) is 101 Å². The number of piperazine rings is 2. The number of alkyl halides is 3. The van der Waals surface area contributed by atoms with E-state index in [-0.39, 0.29) is 16.7 Å². The van der Waals surface area contributed by atoms with Gasteiger partial charge in [-0.15, -0.1) is 11.8 Å². The van der Waals surface area contributed by atoms with Crippen molar-refractivity contribution >= 4 is 66.1 Å². The van der Waals surface area contributed by atoms with E-state index in [1.807, 2.05) is 47.2 Å². The van der Waals surface area contributed by atoms with Crippen LogP contribution in [0.15, 0.2) is 117 Å². The minimum absolute atomic E-state index is 0.00204. The van der Waals surface area contributed by atoms with Crippen LogP contribution in [-0.4, -0.2) is 115 Å². The second-order valence-corrected chi connectivity index (χ2v) is 22.7. The average molecular weight is 974 g/mol. The number of carbonyl (C=O) groups excluding carboxylic acids is 1. The first-order valence-corrected chi connectivity index (χ1v) is 26.1. The fourth-order valence-corrected chi connectivity index (χ4v) is 11.7. The third kappa shape index (κ3) is 12.7. The lowest BCUT2D eigenvalue weighted by Crippen LogP contribution is -2.47. The van der Waals surface area contributed by atoms with Gasteiger partial charge < -0.3 is 20.4 Å². The molecule has 18 heteroatoms. The number of benzene rings is 4. The number of nitrogens with zero attached hydrogens (tertiary/aromatic N) is 3. The van der Waals surface area contributed by atoms with E-state index < -0.39 is 47.1 Å². The number of anilines is 2. The Kier molecular flexibility index (Phi) is 15.6. The van der Waals surface area contributed by atoms with Gasteiger partial charge in [0.15, 0.2) is 0 Å². The normalized spacial score (nSPS) is 18.3. The highest BCUT2D eigenvalue weighted by Gasteiger charge is 2.48. The quantitative estimate of drug-likeness (QED) is 0.0937. The van der Waals surface area contributed by atoms with E-state index in [9.17, 15) is 34.8 Å². The van der Waals surface area contributed by atoms with Gasteiger partial charge in [-0.1, -0.05) is 61.4 Å². The number of nitrogens with one attached hydrogen (secondary N) is 3. The Morgan fingerprint density at radius 3 is 2.20 bits per heavy atom. The second kappa shape index (κ2) is 20.8. The lowest BCUT2D eigenvalue weighted by molar-refractivity contribution is -0.0435. The zero-order valence-corrected chi connectivity index (χ0v) is 39.7. The summed E-state index contributed by atoms with van der Waals surface area (Å²) in [6.07, 6.45) is 3.63. The molecule has 11 nitrogen and oxygen atoms in total. The summed E-state index contributed by atoms with van der Waals surface area (Å²) in [4.78, 5) is 19.1. The number of hydrogen-bond donors (Lipinski definition) is 3. The van der Waals surface area contributed by atoms with E-state index in [4.69, 9.17) is 11.6 Å². The van der Waals surface area contributed by atoms with Crippen molar-refractivity contribution in [3.05, 3.63) is 119 Å². The molecule has 0 aromatic heterocycles. The Morgan fingerprint density at radius 1 is 0.862 bits per heavy atom. The van der Waals surface area contributed by atoms with Gasteiger partial charge in [-0.3, -0.25) is 9.69 Å². The Morgan fingerprint density at radius 2 is 1.54 bits per heavy atom. The molecule has 4 aromatic rings. The van der Waals surface area contributed by atoms with Gasteiger partial charge in [0.05, 0.1) is 10.6 Å². The van der Waals surface area contributed by atoms with E-state index in [1.54, 1.807) is 12.1 Å². The summed E-state index contributed by atoms with van der Waals surface area (Å²) in [6, 6.07) is 25.9. The van der Waals surface area contributed by atoms with Crippen LogP contribution in [0.25, 0.3) is 5.57 Å². The fourth-order valence-electron chi connectivity index (χ4n) is 8.60.